The molecule has 0 aliphatic heterocycles. The van der Waals surface area contributed by atoms with Gasteiger partial charge in [-0.2, -0.15) is 0 Å². The molecule has 7 heteroatoms. The van der Waals surface area contributed by atoms with Gasteiger partial charge in [0.25, 0.3) is 11.5 Å². The van der Waals surface area contributed by atoms with Gasteiger partial charge < -0.3 is 10.5 Å². The minimum Gasteiger partial charge on any atom is -0.383 e. The lowest BCUT2D eigenvalue weighted by atomic mass is 10.1. The van der Waals surface area contributed by atoms with Crippen LogP contribution in [0.15, 0.2) is 35.1 Å². The summed E-state index contributed by atoms with van der Waals surface area (Å²) in [5.41, 5.74) is 6.92. The average molecular weight is 357 g/mol. The number of nitrogens with two attached hydrogens (primary N) is 1. The molecule has 0 fully saturated rings. The van der Waals surface area contributed by atoms with Gasteiger partial charge in [0.15, 0.2) is 0 Å². The van der Waals surface area contributed by atoms with Crippen LogP contribution in [0.2, 0.25) is 0 Å². The third-order valence-electron chi connectivity index (χ3n) is 4.08. The smallest absolute Gasteiger partial charge is 0.262 e. The van der Waals surface area contributed by atoms with E-state index in [1.807, 2.05) is 30.3 Å². The Hall–Kier alpha value is -2.51. The van der Waals surface area contributed by atoms with E-state index in [1.165, 1.54) is 11.3 Å². The van der Waals surface area contributed by atoms with E-state index in [1.54, 1.807) is 18.6 Å². The molecule has 0 aliphatic rings. The van der Waals surface area contributed by atoms with E-state index in [2.05, 4.69) is 4.98 Å². The Morgan fingerprint density at radius 2 is 2.04 bits per heavy atom. The van der Waals surface area contributed by atoms with Gasteiger partial charge in [-0.3, -0.25) is 14.2 Å². The Bertz CT molecular complexity index is 977. The van der Waals surface area contributed by atoms with E-state index >= 15 is 0 Å². The van der Waals surface area contributed by atoms with Crippen molar-refractivity contribution in [2.75, 3.05) is 13.7 Å². The first-order valence-electron chi connectivity index (χ1n) is 7.88. The van der Waals surface area contributed by atoms with Gasteiger partial charge in [0.05, 0.1) is 23.4 Å². The molecule has 0 unspecified atom stereocenters. The summed E-state index contributed by atoms with van der Waals surface area (Å²) in [6.45, 7) is 2.54. The monoisotopic (exact) mass is 357 g/mol. The number of thiophene rings is 1. The molecule has 2 heterocycles. The topological polar surface area (TPSA) is 87.2 Å². The van der Waals surface area contributed by atoms with Crippen LogP contribution in [-0.4, -0.2) is 29.2 Å². The van der Waals surface area contributed by atoms with Gasteiger partial charge in [0, 0.05) is 13.5 Å². The van der Waals surface area contributed by atoms with Gasteiger partial charge in [0.2, 0.25) is 0 Å². The maximum absolute atomic E-state index is 13.0. The van der Waals surface area contributed by atoms with Gasteiger partial charge in [0.1, 0.15) is 10.7 Å². The molecule has 0 aliphatic carbocycles. The van der Waals surface area contributed by atoms with Crippen molar-refractivity contribution in [3.8, 4) is 0 Å². The molecule has 0 saturated carbocycles. The van der Waals surface area contributed by atoms with Crippen LogP contribution >= 0.6 is 11.3 Å². The second-order valence-electron chi connectivity index (χ2n) is 5.74. The van der Waals surface area contributed by atoms with Crippen LogP contribution in [0.25, 0.3) is 10.2 Å². The number of fused-ring (bicyclic) bond motifs is 1. The Kier molecular flexibility index (Phi) is 4.96. The summed E-state index contributed by atoms with van der Waals surface area (Å²) in [6, 6.07) is 9.83. The maximum atomic E-state index is 13.0. The zero-order chi connectivity index (χ0) is 18.0. The van der Waals surface area contributed by atoms with E-state index in [9.17, 15) is 9.59 Å². The number of primary amides is 1. The maximum Gasteiger partial charge on any atom is 0.262 e. The number of hydrogen-bond donors (Lipinski definition) is 1. The second kappa shape index (κ2) is 7.16. The molecular formula is C18H19N3O3S. The predicted molar refractivity (Wildman–Crippen MR) is 98.3 cm³/mol. The number of aromatic nitrogens is 2. The average Bonchev–Trinajstić information content (AvgIpc) is 2.92. The Balaban J connectivity index is 2.20. The highest BCUT2D eigenvalue weighted by Gasteiger charge is 2.20. The van der Waals surface area contributed by atoms with Crippen LogP contribution in [0.4, 0.5) is 0 Å². The van der Waals surface area contributed by atoms with Crippen molar-refractivity contribution in [2.24, 2.45) is 5.73 Å². The molecule has 0 bridgehead atoms. The third-order valence-corrected chi connectivity index (χ3v) is 5.28. The van der Waals surface area contributed by atoms with Crippen molar-refractivity contribution in [3.05, 3.63) is 62.5 Å². The van der Waals surface area contributed by atoms with Crippen molar-refractivity contribution in [1.82, 2.24) is 9.55 Å². The number of aryl methyl sites for hydroxylation is 1. The van der Waals surface area contributed by atoms with E-state index < -0.39 is 5.91 Å². The number of ether oxygens (including phenoxy) is 1. The van der Waals surface area contributed by atoms with Crippen molar-refractivity contribution in [2.45, 2.75) is 19.9 Å². The molecule has 2 N–H and O–H groups in total. The summed E-state index contributed by atoms with van der Waals surface area (Å²) in [7, 11) is 1.59. The molecule has 25 heavy (non-hydrogen) atoms. The van der Waals surface area contributed by atoms with Crippen LogP contribution in [-0.2, 0) is 17.7 Å². The highest BCUT2D eigenvalue weighted by atomic mass is 32.1. The summed E-state index contributed by atoms with van der Waals surface area (Å²) in [6.07, 6.45) is 0.526. The van der Waals surface area contributed by atoms with E-state index in [4.69, 9.17) is 10.5 Å². The fourth-order valence-electron chi connectivity index (χ4n) is 2.82. The van der Waals surface area contributed by atoms with Gasteiger partial charge in [-0.15, -0.1) is 11.3 Å². The first kappa shape index (κ1) is 17.3. The van der Waals surface area contributed by atoms with Gasteiger partial charge in [-0.25, -0.2) is 4.98 Å². The number of carbonyl (C=O) groups excluding carboxylic acids is 1. The summed E-state index contributed by atoms with van der Waals surface area (Å²) in [5.74, 6) is 0.117. The highest BCUT2D eigenvalue weighted by molar-refractivity contribution is 7.20. The second-order valence-corrected chi connectivity index (χ2v) is 6.74. The molecule has 3 aromatic rings. The molecular weight excluding hydrogens is 338 g/mol. The number of rotatable bonds is 6. The number of nitrogens with zero attached hydrogens (tertiary/aromatic N) is 2. The SMILES string of the molecule is COCCn1c(Cc2ccccc2)nc2sc(C(N)=O)c(C)c2c1=O. The molecule has 130 valence electrons. The van der Waals surface area contributed by atoms with Gasteiger partial charge in [-0.1, -0.05) is 30.3 Å². The van der Waals surface area contributed by atoms with E-state index in [0.29, 0.717) is 46.1 Å². The summed E-state index contributed by atoms with van der Waals surface area (Å²) in [4.78, 5) is 30.2. The highest BCUT2D eigenvalue weighted by Crippen LogP contribution is 2.27. The Morgan fingerprint density at radius 3 is 2.68 bits per heavy atom. The fourth-order valence-corrected chi connectivity index (χ4v) is 3.86. The van der Waals surface area contributed by atoms with Crippen molar-refractivity contribution in [1.29, 1.82) is 0 Å². The lowest BCUT2D eigenvalue weighted by Gasteiger charge is -2.12. The first-order valence-corrected chi connectivity index (χ1v) is 8.70. The van der Waals surface area contributed by atoms with Crippen LogP contribution in [0.3, 0.4) is 0 Å². The summed E-state index contributed by atoms with van der Waals surface area (Å²) >= 11 is 1.17. The number of benzene rings is 1. The standard InChI is InChI=1S/C18H19N3O3S/c1-11-14-17(25-15(11)16(19)22)20-13(10-12-6-4-3-5-7-12)21(18(14)23)8-9-24-2/h3-7H,8-10H2,1-2H3,(H2,19,22). The molecule has 0 saturated heterocycles. The van der Waals surface area contributed by atoms with Crippen LogP contribution in [0, 0.1) is 6.92 Å². The number of amides is 1. The van der Waals surface area contributed by atoms with E-state index in [0.717, 1.165) is 5.56 Å². The molecule has 1 aromatic carbocycles. The molecule has 0 radical (unpaired) electrons. The van der Waals surface area contributed by atoms with Crippen molar-refractivity contribution >= 4 is 27.5 Å². The van der Waals surface area contributed by atoms with Crippen LogP contribution < -0.4 is 11.3 Å². The Labute approximate surface area is 148 Å². The zero-order valence-corrected chi connectivity index (χ0v) is 14.9. The van der Waals surface area contributed by atoms with E-state index in [-0.39, 0.29) is 5.56 Å². The molecule has 0 atom stereocenters. The predicted octanol–water partition coefficient (Wildman–Crippen LogP) is 2.10. The molecule has 6 nitrogen and oxygen atoms in total. The number of methoxy groups -OCH3 is 1. The molecule has 1 amide bonds. The van der Waals surface area contributed by atoms with Crippen LogP contribution in [0.1, 0.15) is 26.6 Å². The normalized spacial score (nSPS) is 11.1. The number of hydrogen-bond acceptors (Lipinski definition) is 5. The molecule has 2 aromatic heterocycles. The quantitative estimate of drug-likeness (QED) is 0.732. The fraction of sp³-hybridized carbons (Fsp3) is 0.278. The zero-order valence-electron chi connectivity index (χ0n) is 14.1. The summed E-state index contributed by atoms with van der Waals surface area (Å²) < 4.78 is 6.76. The minimum atomic E-state index is -0.534. The van der Waals surface area contributed by atoms with Crippen molar-refractivity contribution in [3.63, 3.8) is 0 Å². The third kappa shape index (κ3) is 3.33. The lowest BCUT2D eigenvalue weighted by Crippen LogP contribution is -2.27. The molecule has 0 spiro atoms. The van der Waals surface area contributed by atoms with Gasteiger partial charge in [-0.05, 0) is 18.1 Å². The van der Waals surface area contributed by atoms with Crippen LogP contribution in [0.5, 0.6) is 0 Å². The van der Waals surface area contributed by atoms with Crippen molar-refractivity contribution < 1.29 is 9.53 Å². The first-order chi connectivity index (χ1) is 12.0. The number of carbonyl (C=O) groups is 1. The molecule has 3 rings (SSSR count). The summed E-state index contributed by atoms with van der Waals surface area (Å²) in [5, 5.41) is 0.465. The lowest BCUT2D eigenvalue weighted by molar-refractivity contribution is 0.100. The minimum absolute atomic E-state index is 0.158. The van der Waals surface area contributed by atoms with Gasteiger partial charge >= 0.3 is 0 Å². The Morgan fingerprint density at radius 1 is 1.32 bits per heavy atom. The largest absolute Gasteiger partial charge is 0.383 e.